The maximum atomic E-state index is 6.27. The number of hydrogen-bond donors (Lipinski definition) is 2. The average Bonchev–Trinajstić information content (AvgIpc) is 2.64. The molecule has 6 nitrogen and oxygen atoms in total. The quantitative estimate of drug-likeness (QED) is 0.471. The second kappa shape index (κ2) is 7.72. The minimum Gasteiger partial charge on any atom is -0.344 e. The van der Waals surface area contributed by atoms with Crippen LogP contribution in [0.2, 0.25) is 5.02 Å². The van der Waals surface area contributed by atoms with Crippen molar-refractivity contribution >= 4 is 30.0 Å². The highest BCUT2D eigenvalue weighted by atomic mass is 35.5. The summed E-state index contributed by atoms with van der Waals surface area (Å²) in [5.74, 6) is 0.510. The monoisotopic (exact) mass is 380 g/mol. The van der Waals surface area contributed by atoms with E-state index in [1.807, 2.05) is 39.0 Å². The third kappa shape index (κ3) is 4.23. The van der Waals surface area contributed by atoms with Crippen molar-refractivity contribution in [3.8, 4) is 11.1 Å². The minimum absolute atomic E-state index is 0.510. The lowest BCUT2D eigenvalue weighted by Gasteiger charge is -2.26. The Kier molecular flexibility index (Phi) is 5.37. The predicted octanol–water partition coefficient (Wildman–Crippen LogP) is 4.88. The van der Waals surface area contributed by atoms with Crippen molar-refractivity contribution < 1.29 is 0 Å². The van der Waals surface area contributed by atoms with Gasteiger partial charge in [-0.05, 0) is 56.2 Å². The molecular weight excluding hydrogens is 360 g/mol. The summed E-state index contributed by atoms with van der Waals surface area (Å²) < 4.78 is 0. The van der Waals surface area contributed by atoms with Crippen LogP contribution < -0.4 is 10.7 Å². The number of halogens is 1. The summed E-state index contributed by atoms with van der Waals surface area (Å²) in [6.07, 6.45) is 5.30. The minimum atomic E-state index is -0.512. The Balaban J connectivity index is 1.80. The summed E-state index contributed by atoms with van der Waals surface area (Å²) in [7, 11) is 0. The molecule has 7 heteroatoms. The molecule has 0 spiro atoms. The largest absolute Gasteiger partial charge is 0.344 e. The van der Waals surface area contributed by atoms with Gasteiger partial charge in [-0.25, -0.2) is 9.97 Å². The van der Waals surface area contributed by atoms with Gasteiger partial charge in [0.25, 0.3) is 0 Å². The fourth-order valence-corrected chi connectivity index (χ4v) is 3.14. The fraction of sp³-hybridized carbons (Fsp3) is 0.200. The first-order valence-electron chi connectivity index (χ1n) is 8.44. The highest BCUT2D eigenvalue weighted by Crippen LogP contribution is 2.29. The van der Waals surface area contributed by atoms with Gasteiger partial charge in [-0.15, -0.1) is 0 Å². The molecular formula is C20H21ClN6. The molecule has 0 aliphatic heterocycles. The van der Waals surface area contributed by atoms with E-state index >= 15 is 0 Å². The summed E-state index contributed by atoms with van der Waals surface area (Å²) >= 11 is 6.27. The van der Waals surface area contributed by atoms with Gasteiger partial charge in [0.05, 0.1) is 21.9 Å². The van der Waals surface area contributed by atoms with Crippen LogP contribution in [0.15, 0.2) is 54.0 Å². The number of pyridine rings is 1. The molecule has 0 bridgehead atoms. The normalized spacial score (nSPS) is 11.1. The molecule has 2 N–H and O–H groups in total. The summed E-state index contributed by atoms with van der Waals surface area (Å²) in [4.78, 5) is 13.3. The molecule has 0 saturated heterocycles. The average molecular weight is 381 g/mol. The number of benzene rings is 1. The third-order valence-electron chi connectivity index (χ3n) is 4.19. The van der Waals surface area contributed by atoms with Gasteiger partial charge in [-0.2, -0.15) is 5.10 Å². The van der Waals surface area contributed by atoms with Crippen molar-refractivity contribution in [1.82, 2.24) is 15.0 Å². The van der Waals surface area contributed by atoms with E-state index in [1.165, 1.54) is 0 Å². The Morgan fingerprint density at radius 1 is 1.07 bits per heavy atom. The van der Waals surface area contributed by atoms with Crippen LogP contribution in [-0.2, 0) is 5.54 Å². The van der Waals surface area contributed by atoms with Gasteiger partial charge < -0.3 is 5.32 Å². The first kappa shape index (κ1) is 18.8. The van der Waals surface area contributed by atoms with E-state index in [0.717, 1.165) is 28.1 Å². The summed E-state index contributed by atoms with van der Waals surface area (Å²) in [5, 5.41) is 7.59. The van der Waals surface area contributed by atoms with Crippen molar-refractivity contribution in [1.29, 1.82) is 0 Å². The highest BCUT2D eigenvalue weighted by molar-refractivity contribution is 6.31. The van der Waals surface area contributed by atoms with Crippen LogP contribution in [0.25, 0.3) is 11.1 Å². The van der Waals surface area contributed by atoms with Gasteiger partial charge in [0, 0.05) is 30.9 Å². The molecule has 0 radical (unpaired) electrons. The summed E-state index contributed by atoms with van der Waals surface area (Å²) in [5.41, 5.74) is 7.03. The number of nitrogens with zero attached hydrogens (tertiary/aromatic N) is 4. The number of rotatable bonds is 6. The van der Waals surface area contributed by atoms with Crippen LogP contribution in [0.5, 0.6) is 0 Å². The van der Waals surface area contributed by atoms with Gasteiger partial charge in [0.15, 0.2) is 0 Å². The van der Waals surface area contributed by atoms with E-state index in [9.17, 15) is 0 Å². The lowest BCUT2D eigenvalue weighted by molar-refractivity contribution is 0.581. The second-order valence-electron chi connectivity index (χ2n) is 6.68. The first-order chi connectivity index (χ1) is 12.9. The first-order valence-corrected chi connectivity index (χ1v) is 8.82. The zero-order valence-electron chi connectivity index (χ0n) is 15.5. The van der Waals surface area contributed by atoms with E-state index in [0.29, 0.717) is 11.0 Å². The molecule has 138 valence electrons. The van der Waals surface area contributed by atoms with Crippen LogP contribution in [0, 0.1) is 6.92 Å². The van der Waals surface area contributed by atoms with Crippen molar-refractivity contribution in [2.75, 3.05) is 10.7 Å². The molecule has 0 atom stereocenters. The zero-order chi connectivity index (χ0) is 19.4. The van der Waals surface area contributed by atoms with Gasteiger partial charge in [-0.1, -0.05) is 17.7 Å². The van der Waals surface area contributed by atoms with Gasteiger partial charge in [0.1, 0.15) is 0 Å². The van der Waals surface area contributed by atoms with E-state index < -0.39 is 5.54 Å². The fourth-order valence-electron chi connectivity index (χ4n) is 2.78. The zero-order valence-corrected chi connectivity index (χ0v) is 16.2. The van der Waals surface area contributed by atoms with E-state index in [4.69, 9.17) is 11.6 Å². The van der Waals surface area contributed by atoms with Crippen molar-refractivity contribution in [2.24, 2.45) is 5.10 Å². The molecule has 3 aromatic rings. The van der Waals surface area contributed by atoms with Gasteiger partial charge in [-0.3, -0.25) is 10.4 Å². The second-order valence-corrected chi connectivity index (χ2v) is 7.09. The van der Waals surface area contributed by atoms with Crippen molar-refractivity contribution in [3.05, 3.63) is 65.2 Å². The Morgan fingerprint density at radius 3 is 2.44 bits per heavy atom. The Morgan fingerprint density at radius 2 is 1.81 bits per heavy atom. The topological polar surface area (TPSA) is 75.1 Å². The standard InChI is InChI=1S/C20H21ClN6/c1-13-10-14(7-8-17(13)27-22-4)15-11-24-19(25-12-15)26-20(2,3)18-16(21)6-5-9-23-18/h5-12,27H,4H2,1-3H3,(H,24,25,26). The molecule has 27 heavy (non-hydrogen) atoms. The maximum absolute atomic E-state index is 6.27. The molecule has 1 aromatic carbocycles. The number of hydrazone groups is 1. The predicted molar refractivity (Wildman–Crippen MR) is 111 cm³/mol. The molecule has 0 saturated carbocycles. The Labute approximate surface area is 163 Å². The molecule has 0 amide bonds. The lowest BCUT2D eigenvalue weighted by Crippen LogP contribution is -2.30. The number of nitrogens with one attached hydrogen (secondary N) is 2. The summed E-state index contributed by atoms with van der Waals surface area (Å²) in [6, 6.07) is 9.62. The Bertz CT molecular complexity index is 953. The lowest BCUT2D eigenvalue weighted by atomic mass is 10.00. The van der Waals surface area contributed by atoms with Crippen LogP contribution in [0.3, 0.4) is 0 Å². The van der Waals surface area contributed by atoms with Gasteiger partial charge in [0.2, 0.25) is 5.95 Å². The van der Waals surface area contributed by atoms with Crippen LogP contribution in [0.4, 0.5) is 11.6 Å². The SMILES string of the molecule is C=NNc1ccc(-c2cnc(NC(C)(C)c3ncccc3Cl)nc2)cc1C. The number of anilines is 2. The summed E-state index contributed by atoms with van der Waals surface area (Å²) in [6.45, 7) is 9.42. The molecule has 2 heterocycles. The molecule has 0 aliphatic rings. The van der Waals surface area contributed by atoms with Crippen molar-refractivity contribution in [3.63, 3.8) is 0 Å². The highest BCUT2D eigenvalue weighted by Gasteiger charge is 2.25. The van der Waals surface area contributed by atoms with Crippen LogP contribution in [0.1, 0.15) is 25.1 Å². The molecule has 0 aliphatic carbocycles. The third-order valence-corrected chi connectivity index (χ3v) is 4.49. The van der Waals surface area contributed by atoms with Crippen LogP contribution >= 0.6 is 11.6 Å². The number of aryl methyl sites for hydroxylation is 1. The molecule has 0 unspecified atom stereocenters. The molecule has 3 rings (SSSR count). The van der Waals surface area contributed by atoms with E-state index in [2.05, 4.69) is 43.6 Å². The molecule has 0 fully saturated rings. The van der Waals surface area contributed by atoms with Gasteiger partial charge >= 0.3 is 0 Å². The van der Waals surface area contributed by atoms with E-state index in [-0.39, 0.29) is 0 Å². The number of hydrogen-bond acceptors (Lipinski definition) is 6. The number of aromatic nitrogens is 3. The smallest absolute Gasteiger partial charge is 0.223 e. The molecule has 2 aromatic heterocycles. The van der Waals surface area contributed by atoms with E-state index in [1.54, 1.807) is 24.7 Å². The van der Waals surface area contributed by atoms with Crippen molar-refractivity contribution in [2.45, 2.75) is 26.3 Å². The maximum Gasteiger partial charge on any atom is 0.223 e. The Hall–Kier alpha value is -2.99. The van der Waals surface area contributed by atoms with Crippen LogP contribution in [-0.4, -0.2) is 21.7 Å².